The average molecular weight is 411 g/mol. The van der Waals surface area contributed by atoms with E-state index >= 15 is 0 Å². The van der Waals surface area contributed by atoms with Crippen LogP contribution in [0.2, 0.25) is 0 Å². The molecule has 0 aromatic heterocycles. The maximum absolute atomic E-state index is 12.7. The lowest BCUT2D eigenvalue weighted by molar-refractivity contribution is -0.384. The minimum atomic E-state index is -0.771. The molecule has 1 N–H and O–H groups in total. The van der Waals surface area contributed by atoms with Gasteiger partial charge in [-0.3, -0.25) is 14.9 Å². The van der Waals surface area contributed by atoms with Crippen molar-refractivity contribution in [3.05, 3.63) is 69.8 Å². The number of nitro benzene ring substituents is 1. The number of benzene rings is 2. The monoisotopic (exact) mass is 411 g/mol. The van der Waals surface area contributed by atoms with Crippen molar-refractivity contribution in [2.45, 2.75) is 38.8 Å². The topological polar surface area (TPSA) is 102 Å². The zero-order valence-corrected chi connectivity index (χ0v) is 16.9. The van der Waals surface area contributed by atoms with Gasteiger partial charge >= 0.3 is 5.97 Å². The number of hydrogen-bond donors (Lipinski definition) is 1. The summed E-state index contributed by atoms with van der Waals surface area (Å²) in [6.07, 6.45) is 2.94. The summed E-state index contributed by atoms with van der Waals surface area (Å²) in [5, 5.41) is 14.3. The van der Waals surface area contributed by atoms with Gasteiger partial charge in [-0.15, -0.1) is 0 Å². The van der Waals surface area contributed by atoms with Crippen molar-refractivity contribution in [3.63, 3.8) is 0 Å². The molecule has 1 atom stereocenters. The number of esters is 1. The molecule has 1 saturated heterocycles. The first-order chi connectivity index (χ1) is 14.5. The second kappa shape index (κ2) is 9.87. The Balaban J connectivity index is 1.71. The standard InChI is InChI=1S/C22H25N3O5/c1-16-7-5-6-12-24(16)21(26)15-30-22(27)19-13-18(25(28)29)10-11-20(19)23-14-17-8-3-2-4-9-17/h2-4,8-11,13,16,23H,5-7,12,14-15H2,1H3/t16-/m0/s1. The van der Waals surface area contributed by atoms with Crippen LogP contribution in [0.1, 0.15) is 42.1 Å². The number of non-ortho nitro benzene ring substituents is 1. The van der Waals surface area contributed by atoms with E-state index in [4.69, 9.17) is 4.74 Å². The lowest BCUT2D eigenvalue weighted by atomic mass is 10.0. The molecule has 1 aliphatic rings. The second-order valence-corrected chi connectivity index (χ2v) is 7.33. The Labute approximate surface area is 175 Å². The van der Waals surface area contributed by atoms with Crippen LogP contribution in [0.5, 0.6) is 0 Å². The highest BCUT2D eigenvalue weighted by Gasteiger charge is 2.25. The molecular weight excluding hydrogens is 386 g/mol. The van der Waals surface area contributed by atoms with Gasteiger partial charge in [0.1, 0.15) is 0 Å². The first-order valence-corrected chi connectivity index (χ1v) is 9.98. The van der Waals surface area contributed by atoms with Crippen molar-refractivity contribution in [1.29, 1.82) is 0 Å². The number of likely N-dealkylation sites (tertiary alicyclic amines) is 1. The summed E-state index contributed by atoms with van der Waals surface area (Å²) in [5.74, 6) is -1.02. The molecule has 2 aromatic carbocycles. The second-order valence-electron chi connectivity index (χ2n) is 7.33. The smallest absolute Gasteiger partial charge is 0.341 e. The van der Waals surface area contributed by atoms with Gasteiger partial charge < -0.3 is 15.0 Å². The molecule has 0 saturated carbocycles. The fourth-order valence-corrected chi connectivity index (χ4v) is 3.52. The lowest BCUT2D eigenvalue weighted by Crippen LogP contribution is -2.44. The molecule has 1 heterocycles. The van der Waals surface area contributed by atoms with Crippen LogP contribution in [0.25, 0.3) is 0 Å². The summed E-state index contributed by atoms with van der Waals surface area (Å²) in [5.41, 5.74) is 1.21. The molecule has 8 nitrogen and oxygen atoms in total. The summed E-state index contributed by atoms with van der Waals surface area (Å²) in [6.45, 7) is 2.68. The molecule has 3 rings (SSSR count). The molecule has 0 bridgehead atoms. The number of nitro groups is 1. The van der Waals surface area contributed by atoms with E-state index in [1.807, 2.05) is 37.3 Å². The quantitative estimate of drug-likeness (QED) is 0.423. The Kier molecular flexibility index (Phi) is 7.00. The van der Waals surface area contributed by atoms with Crippen LogP contribution in [0.3, 0.4) is 0 Å². The Morgan fingerprint density at radius 1 is 1.20 bits per heavy atom. The highest BCUT2D eigenvalue weighted by atomic mass is 16.6. The van der Waals surface area contributed by atoms with Crippen molar-refractivity contribution >= 4 is 23.3 Å². The number of nitrogens with zero attached hydrogens (tertiary/aromatic N) is 2. The number of piperidine rings is 1. The average Bonchev–Trinajstić information content (AvgIpc) is 2.76. The molecule has 0 radical (unpaired) electrons. The van der Waals surface area contributed by atoms with Gasteiger partial charge in [-0.25, -0.2) is 4.79 Å². The molecule has 1 amide bonds. The number of ether oxygens (including phenoxy) is 1. The van der Waals surface area contributed by atoms with E-state index in [2.05, 4.69) is 5.32 Å². The Bertz CT molecular complexity index is 916. The van der Waals surface area contributed by atoms with Crippen molar-refractivity contribution in [3.8, 4) is 0 Å². The third kappa shape index (κ3) is 5.34. The first kappa shape index (κ1) is 21.3. The number of carbonyl (C=O) groups excluding carboxylic acids is 2. The maximum Gasteiger partial charge on any atom is 0.341 e. The van der Waals surface area contributed by atoms with Crippen LogP contribution in [-0.4, -0.2) is 40.9 Å². The molecule has 158 valence electrons. The molecule has 1 aliphatic heterocycles. The van der Waals surface area contributed by atoms with Gasteiger partial charge in [0.2, 0.25) is 0 Å². The van der Waals surface area contributed by atoms with Crippen molar-refractivity contribution in [2.24, 2.45) is 0 Å². The van der Waals surface area contributed by atoms with E-state index < -0.39 is 10.9 Å². The van der Waals surface area contributed by atoms with Gasteiger partial charge in [0.05, 0.1) is 10.5 Å². The molecule has 2 aromatic rings. The van der Waals surface area contributed by atoms with Gasteiger partial charge in [-0.2, -0.15) is 0 Å². The van der Waals surface area contributed by atoms with Gasteiger partial charge in [-0.05, 0) is 37.8 Å². The highest BCUT2D eigenvalue weighted by molar-refractivity contribution is 5.97. The Morgan fingerprint density at radius 2 is 1.97 bits per heavy atom. The zero-order chi connectivity index (χ0) is 21.5. The fourth-order valence-electron chi connectivity index (χ4n) is 3.52. The first-order valence-electron chi connectivity index (χ1n) is 9.98. The van der Waals surface area contributed by atoms with Gasteiger partial charge in [0, 0.05) is 37.0 Å². The number of nitrogens with one attached hydrogen (secondary N) is 1. The number of hydrogen-bond acceptors (Lipinski definition) is 6. The minimum Gasteiger partial charge on any atom is -0.452 e. The molecule has 30 heavy (non-hydrogen) atoms. The van der Waals surface area contributed by atoms with Crippen molar-refractivity contribution < 1.29 is 19.2 Å². The number of anilines is 1. The summed E-state index contributed by atoms with van der Waals surface area (Å²) in [6, 6.07) is 13.6. The summed E-state index contributed by atoms with van der Waals surface area (Å²) >= 11 is 0. The maximum atomic E-state index is 12.7. The predicted octanol–water partition coefficient (Wildman–Crippen LogP) is 3.76. The van der Waals surface area contributed by atoms with Crippen LogP contribution >= 0.6 is 0 Å². The van der Waals surface area contributed by atoms with E-state index in [1.54, 1.807) is 4.90 Å². The molecule has 8 heteroatoms. The van der Waals surface area contributed by atoms with E-state index in [1.165, 1.54) is 18.2 Å². The Hall–Kier alpha value is -3.42. The van der Waals surface area contributed by atoms with Crippen LogP contribution in [0, 0.1) is 10.1 Å². The largest absolute Gasteiger partial charge is 0.452 e. The molecule has 0 aliphatic carbocycles. The van der Waals surface area contributed by atoms with Gasteiger partial charge in [0.25, 0.3) is 11.6 Å². The summed E-state index contributed by atoms with van der Waals surface area (Å²) < 4.78 is 5.23. The Morgan fingerprint density at radius 3 is 2.67 bits per heavy atom. The lowest BCUT2D eigenvalue weighted by Gasteiger charge is -2.33. The van der Waals surface area contributed by atoms with E-state index in [9.17, 15) is 19.7 Å². The predicted molar refractivity (Wildman–Crippen MR) is 112 cm³/mol. The zero-order valence-electron chi connectivity index (χ0n) is 16.9. The van der Waals surface area contributed by atoms with Crippen LogP contribution < -0.4 is 5.32 Å². The van der Waals surface area contributed by atoms with Crippen molar-refractivity contribution in [1.82, 2.24) is 4.90 Å². The number of rotatable bonds is 7. The molecular formula is C22H25N3O5. The van der Waals surface area contributed by atoms with E-state index in [-0.39, 0.29) is 29.8 Å². The molecule has 0 spiro atoms. The van der Waals surface area contributed by atoms with Crippen LogP contribution in [0.4, 0.5) is 11.4 Å². The molecule has 0 unspecified atom stereocenters. The number of carbonyl (C=O) groups is 2. The fraction of sp³-hybridized carbons (Fsp3) is 0.364. The SMILES string of the molecule is C[C@H]1CCCCN1C(=O)COC(=O)c1cc([N+](=O)[O-])ccc1NCc1ccccc1. The summed E-state index contributed by atoms with van der Waals surface area (Å²) in [7, 11) is 0. The minimum absolute atomic E-state index is 0.0274. The van der Waals surface area contributed by atoms with Crippen molar-refractivity contribution in [2.75, 3.05) is 18.5 Å². The number of amides is 1. The summed E-state index contributed by atoms with van der Waals surface area (Å²) in [4.78, 5) is 37.4. The van der Waals surface area contributed by atoms with Crippen LogP contribution in [0.15, 0.2) is 48.5 Å². The molecule has 1 fully saturated rings. The van der Waals surface area contributed by atoms with Crippen LogP contribution in [-0.2, 0) is 16.1 Å². The van der Waals surface area contributed by atoms with E-state index in [0.29, 0.717) is 18.8 Å². The highest BCUT2D eigenvalue weighted by Crippen LogP contribution is 2.24. The third-order valence-corrected chi connectivity index (χ3v) is 5.21. The van der Waals surface area contributed by atoms with E-state index in [0.717, 1.165) is 24.8 Å². The van der Waals surface area contributed by atoms with Gasteiger partial charge in [-0.1, -0.05) is 30.3 Å². The van der Waals surface area contributed by atoms with Gasteiger partial charge in [0.15, 0.2) is 6.61 Å². The third-order valence-electron chi connectivity index (χ3n) is 5.21. The normalized spacial score (nSPS) is 16.0.